The van der Waals surface area contributed by atoms with Crippen LogP contribution in [0, 0.1) is 0 Å². The number of ether oxygens (including phenoxy) is 2. The molecule has 0 aromatic heterocycles. The Bertz CT molecular complexity index is 856. The third-order valence-electron chi connectivity index (χ3n) is 4.37. The summed E-state index contributed by atoms with van der Waals surface area (Å²) in [4.78, 5) is 26.6. The summed E-state index contributed by atoms with van der Waals surface area (Å²) in [5.74, 6) is 0.575. The Labute approximate surface area is 166 Å². The van der Waals surface area contributed by atoms with Crippen LogP contribution < -0.4 is 19.7 Å². The highest BCUT2D eigenvalue weighted by Crippen LogP contribution is 2.32. The van der Waals surface area contributed by atoms with Crippen LogP contribution in [0.15, 0.2) is 42.5 Å². The molecule has 2 aromatic carbocycles. The number of hydrogen-bond donors (Lipinski definition) is 1. The summed E-state index contributed by atoms with van der Waals surface area (Å²) in [6, 6.07) is 12.8. The lowest BCUT2D eigenvalue weighted by Gasteiger charge is -2.29. The molecule has 28 heavy (non-hydrogen) atoms. The summed E-state index contributed by atoms with van der Waals surface area (Å²) in [6.45, 7) is 7.57. The van der Waals surface area contributed by atoms with Crippen molar-refractivity contribution in [3.8, 4) is 11.5 Å². The van der Waals surface area contributed by atoms with E-state index in [-0.39, 0.29) is 23.8 Å². The molecule has 2 aromatic rings. The van der Waals surface area contributed by atoms with Gasteiger partial charge in [-0.25, -0.2) is 0 Å². The van der Waals surface area contributed by atoms with Gasteiger partial charge in [-0.3, -0.25) is 9.59 Å². The molecule has 2 rings (SSSR count). The Morgan fingerprint density at radius 2 is 1.71 bits per heavy atom. The van der Waals surface area contributed by atoms with Crippen LogP contribution >= 0.6 is 0 Å². The highest BCUT2D eigenvalue weighted by molar-refractivity contribution is 6.02. The van der Waals surface area contributed by atoms with Crippen LogP contribution in [0.3, 0.4) is 0 Å². The van der Waals surface area contributed by atoms with Crippen molar-refractivity contribution in [2.45, 2.75) is 33.1 Å². The zero-order valence-electron chi connectivity index (χ0n) is 17.3. The van der Waals surface area contributed by atoms with Crippen molar-refractivity contribution in [2.75, 3.05) is 31.0 Å². The lowest BCUT2D eigenvalue weighted by molar-refractivity contribution is -0.120. The van der Waals surface area contributed by atoms with Crippen molar-refractivity contribution in [2.24, 2.45) is 0 Å². The molecule has 0 aliphatic rings. The molecule has 6 nitrogen and oxygen atoms in total. The Hall–Kier alpha value is -3.02. The van der Waals surface area contributed by atoms with Crippen molar-refractivity contribution in [3.63, 3.8) is 0 Å². The van der Waals surface area contributed by atoms with Crippen molar-refractivity contribution in [1.82, 2.24) is 0 Å². The molecule has 0 saturated carbocycles. The standard InChI is InChI=1S/C22H28N2O4/c1-15(25)24(19-10-8-7-9-17(19)22(2,3)4)14-21(26)23-18-13-16(27-5)11-12-20(18)28-6/h7-13H,14H2,1-6H3,(H,23,26). The van der Waals surface area contributed by atoms with E-state index in [1.165, 1.54) is 18.9 Å². The third kappa shape index (κ3) is 5.03. The zero-order valence-corrected chi connectivity index (χ0v) is 17.3. The highest BCUT2D eigenvalue weighted by Gasteiger charge is 2.24. The minimum Gasteiger partial charge on any atom is -0.497 e. The molecule has 2 amide bonds. The van der Waals surface area contributed by atoms with Gasteiger partial charge in [0.05, 0.1) is 19.9 Å². The summed E-state index contributed by atoms with van der Waals surface area (Å²) in [6.07, 6.45) is 0. The van der Waals surface area contributed by atoms with Gasteiger partial charge in [-0.15, -0.1) is 0 Å². The number of methoxy groups -OCH3 is 2. The number of anilines is 2. The Kier molecular flexibility index (Phi) is 6.67. The summed E-state index contributed by atoms with van der Waals surface area (Å²) in [5.41, 5.74) is 2.04. The Morgan fingerprint density at radius 1 is 1.04 bits per heavy atom. The monoisotopic (exact) mass is 384 g/mol. The van der Waals surface area contributed by atoms with Gasteiger partial charge in [-0.05, 0) is 29.2 Å². The molecule has 0 radical (unpaired) electrons. The van der Waals surface area contributed by atoms with E-state index < -0.39 is 0 Å². The van der Waals surface area contributed by atoms with E-state index in [0.717, 1.165) is 11.3 Å². The topological polar surface area (TPSA) is 67.9 Å². The van der Waals surface area contributed by atoms with Crippen molar-refractivity contribution in [3.05, 3.63) is 48.0 Å². The second kappa shape index (κ2) is 8.78. The largest absolute Gasteiger partial charge is 0.497 e. The quantitative estimate of drug-likeness (QED) is 0.818. The fourth-order valence-electron chi connectivity index (χ4n) is 2.95. The maximum Gasteiger partial charge on any atom is 0.244 e. The minimum absolute atomic E-state index is 0.108. The first-order valence-electron chi connectivity index (χ1n) is 9.07. The van der Waals surface area contributed by atoms with Crippen LogP contribution in [0.2, 0.25) is 0 Å². The lowest BCUT2D eigenvalue weighted by Crippen LogP contribution is -2.38. The predicted octanol–water partition coefficient (Wildman–Crippen LogP) is 3.99. The van der Waals surface area contributed by atoms with Gasteiger partial charge in [0.2, 0.25) is 11.8 Å². The third-order valence-corrected chi connectivity index (χ3v) is 4.37. The van der Waals surface area contributed by atoms with E-state index in [0.29, 0.717) is 17.2 Å². The molecular formula is C22H28N2O4. The number of amides is 2. The number of nitrogens with one attached hydrogen (secondary N) is 1. The van der Waals surface area contributed by atoms with Gasteiger partial charge >= 0.3 is 0 Å². The molecule has 0 atom stereocenters. The maximum absolute atomic E-state index is 12.7. The fourth-order valence-corrected chi connectivity index (χ4v) is 2.95. The first kappa shape index (κ1) is 21.3. The number of para-hydroxylation sites is 1. The Balaban J connectivity index is 2.30. The van der Waals surface area contributed by atoms with Gasteiger partial charge in [0.25, 0.3) is 0 Å². The molecule has 0 fully saturated rings. The van der Waals surface area contributed by atoms with Crippen molar-refractivity contribution in [1.29, 1.82) is 0 Å². The average molecular weight is 384 g/mol. The lowest BCUT2D eigenvalue weighted by atomic mass is 9.85. The van der Waals surface area contributed by atoms with Crippen LogP contribution in [-0.4, -0.2) is 32.6 Å². The van der Waals surface area contributed by atoms with Crippen LogP contribution in [0.1, 0.15) is 33.3 Å². The fraction of sp³-hybridized carbons (Fsp3) is 0.364. The number of benzene rings is 2. The molecule has 0 unspecified atom stereocenters. The number of rotatable bonds is 6. The first-order valence-corrected chi connectivity index (χ1v) is 9.07. The van der Waals surface area contributed by atoms with E-state index in [4.69, 9.17) is 9.47 Å². The molecule has 0 bridgehead atoms. The molecule has 0 aliphatic heterocycles. The number of carbonyl (C=O) groups is 2. The van der Waals surface area contributed by atoms with Gasteiger partial charge in [0.15, 0.2) is 0 Å². The molecule has 0 heterocycles. The first-order chi connectivity index (χ1) is 13.2. The second-order valence-corrected chi connectivity index (χ2v) is 7.49. The summed E-state index contributed by atoms with van der Waals surface area (Å²) in [7, 11) is 3.08. The van der Waals surface area contributed by atoms with Crippen LogP contribution in [-0.2, 0) is 15.0 Å². The molecule has 0 saturated heterocycles. The summed E-state index contributed by atoms with van der Waals surface area (Å²) < 4.78 is 10.5. The Morgan fingerprint density at radius 3 is 2.29 bits per heavy atom. The minimum atomic E-state index is -0.328. The number of carbonyl (C=O) groups excluding carboxylic acids is 2. The van der Waals surface area contributed by atoms with Crippen LogP contribution in [0.25, 0.3) is 0 Å². The molecule has 0 spiro atoms. The SMILES string of the molecule is COc1ccc(OC)c(NC(=O)CN(C(C)=O)c2ccccc2C(C)(C)C)c1. The van der Waals surface area contributed by atoms with Gasteiger partial charge in [-0.1, -0.05) is 39.0 Å². The number of nitrogens with zero attached hydrogens (tertiary/aromatic N) is 1. The predicted molar refractivity (Wildman–Crippen MR) is 111 cm³/mol. The van der Waals surface area contributed by atoms with E-state index in [1.807, 2.05) is 24.3 Å². The van der Waals surface area contributed by atoms with Crippen molar-refractivity contribution < 1.29 is 19.1 Å². The van der Waals surface area contributed by atoms with Gasteiger partial charge in [-0.2, -0.15) is 0 Å². The highest BCUT2D eigenvalue weighted by atomic mass is 16.5. The van der Waals surface area contributed by atoms with Gasteiger partial charge < -0.3 is 19.7 Å². The summed E-state index contributed by atoms with van der Waals surface area (Å²) >= 11 is 0. The van der Waals surface area contributed by atoms with E-state index in [1.54, 1.807) is 25.3 Å². The molecule has 150 valence electrons. The van der Waals surface area contributed by atoms with E-state index in [9.17, 15) is 9.59 Å². The smallest absolute Gasteiger partial charge is 0.244 e. The molecule has 1 N–H and O–H groups in total. The van der Waals surface area contributed by atoms with E-state index in [2.05, 4.69) is 26.1 Å². The average Bonchev–Trinajstić information content (AvgIpc) is 2.65. The van der Waals surface area contributed by atoms with Crippen molar-refractivity contribution >= 4 is 23.2 Å². The summed E-state index contributed by atoms with van der Waals surface area (Å²) in [5, 5.41) is 2.81. The van der Waals surface area contributed by atoms with Crippen LogP contribution in [0.5, 0.6) is 11.5 Å². The molecule has 0 aliphatic carbocycles. The second-order valence-electron chi connectivity index (χ2n) is 7.49. The molecular weight excluding hydrogens is 356 g/mol. The van der Waals surface area contributed by atoms with Crippen LogP contribution in [0.4, 0.5) is 11.4 Å². The van der Waals surface area contributed by atoms with Gasteiger partial charge in [0.1, 0.15) is 18.0 Å². The molecule has 6 heteroatoms. The van der Waals surface area contributed by atoms with E-state index >= 15 is 0 Å². The maximum atomic E-state index is 12.7. The normalized spacial score (nSPS) is 10.9. The zero-order chi connectivity index (χ0) is 20.9. The number of hydrogen-bond acceptors (Lipinski definition) is 4. The van der Waals surface area contributed by atoms with Gasteiger partial charge in [0, 0.05) is 18.7 Å².